The van der Waals surface area contributed by atoms with Crippen LogP contribution in [0.4, 0.5) is 0 Å². The summed E-state index contributed by atoms with van der Waals surface area (Å²) in [6, 6.07) is 1.61. The second-order valence-electron chi connectivity index (χ2n) is 2.74. The molecule has 12 heavy (non-hydrogen) atoms. The fraction of sp³-hybridized carbons (Fsp3) is 0.500. The van der Waals surface area contributed by atoms with E-state index in [2.05, 4.69) is 9.97 Å². The van der Waals surface area contributed by atoms with Gasteiger partial charge in [0.2, 0.25) is 5.88 Å². The maximum atomic E-state index is 5.70. The molecule has 0 atom stereocenters. The number of ether oxygens (including phenoxy) is 1. The van der Waals surface area contributed by atoms with Crippen molar-refractivity contribution in [2.24, 2.45) is 0 Å². The number of aryl methyl sites for hydroxylation is 1. The SMILES string of the molecule is Cc1nc(Cl)cc(OC(C)C)n1. The van der Waals surface area contributed by atoms with Gasteiger partial charge in [-0.1, -0.05) is 11.6 Å². The molecule has 1 aromatic heterocycles. The number of aromatic nitrogens is 2. The summed E-state index contributed by atoms with van der Waals surface area (Å²) in [5, 5.41) is 0.415. The van der Waals surface area contributed by atoms with Crippen LogP contribution in [0.15, 0.2) is 6.07 Å². The van der Waals surface area contributed by atoms with Gasteiger partial charge in [0.15, 0.2) is 0 Å². The standard InChI is InChI=1S/C8H11ClN2O/c1-5(2)12-8-4-7(9)10-6(3)11-8/h4-5H,1-3H3. The number of hydrogen-bond acceptors (Lipinski definition) is 3. The Morgan fingerprint density at radius 1 is 1.42 bits per heavy atom. The van der Waals surface area contributed by atoms with Gasteiger partial charge in [-0.25, -0.2) is 4.98 Å². The van der Waals surface area contributed by atoms with Gasteiger partial charge in [0, 0.05) is 6.07 Å². The monoisotopic (exact) mass is 186 g/mol. The molecule has 0 amide bonds. The average molecular weight is 187 g/mol. The van der Waals surface area contributed by atoms with Crippen molar-refractivity contribution in [3.8, 4) is 5.88 Å². The number of rotatable bonds is 2. The molecule has 1 heterocycles. The number of hydrogen-bond donors (Lipinski definition) is 0. The first-order valence-electron chi connectivity index (χ1n) is 3.76. The van der Waals surface area contributed by atoms with Crippen molar-refractivity contribution >= 4 is 11.6 Å². The van der Waals surface area contributed by atoms with Crippen LogP contribution in [0, 0.1) is 6.92 Å². The highest BCUT2D eigenvalue weighted by Gasteiger charge is 2.02. The molecule has 0 radical (unpaired) electrons. The molecule has 0 aliphatic heterocycles. The zero-order valence-corrected chi connectivity index (χ0v) is 8.09. The summed E-state index contributed by atoms with van der Waals surface area (Å²) in [5.74, 6) is 1.15. The van der Waals surface area contributed by atoms with Gasteiger partial charge in [0.1, 0.15) is 11.0 Å². The van der Waals surface area contributed by atoms with Gasteiger partial charge in [0.25, 0.3) is 0 Å². The predicted molar refractivity (Wildman–Crippen MR) is 47.5 cm³/mol. The third-order valence-corrected chi connectivity index (χ3v) is 1.33. The lowest BCUT2D eigenvalue weighted by molar-refractivity contribution is 0.231. The molecular weight excluding hydrogens is 176 g/mol. The molecule has 0 spiro atoms. The molecule has 0 saturated heterocycles. The first-order valence-corrected chi connectivity index (χ1v) is 4.13. The Hall–Kier alpha value is -0.830. The van der Waals surface area contributed by atoms with Crippen molar-refractivity contribution in [3.05, 3.63) is 17.0 Å². The van der Waals surface area contributed by atoms with Crippen molar-refractivity contribution in [3.63, 3.8) is 0 Å². The predicted octanol–water partition coefficient (Wildman–Crippen LogP) is 2.23. The molecule has 0 unspecified atom stereocenters. The van der Waals surface area contributed by atoms with Gasteiger partial charge in [-0.15, -0.1) is 0 Å². The Balaban J connectivity index is 2.85. The fourth-order valence-corrected chi connectivity index (χ4v) is 1.02. The molecule has 1 aromatic rings. The lowest BCUT2D eigenvalue weighted by Crippen LogP contribution is -2.07. The van der Waals surface area contributed by atoms with E-state index in [1.165, 1.54) is 0 Å². The average Bonchev–Trinajstić information content (AvgIpc) is 1.81. The van der Waals surface area contributed by atoms with Crippen LogP contribution in [-0.4, -0.2) is 16.1 Å². The lowest BCUT2D eigenvalue weighted by atomic mass is 10.5. The minimum Gasteiger partial charge on any atom is -0.475 e. The first kappa shape index (κ1) is 9.26. The highest BCUT2D eigenvalue weighted by molar-refractivity contribution is 6.29. The fourth-order valence-electron chi connectivity index (χ4n) is 0.807. The highest BCUT2D eigenvalue weighted by Crippen LogP contribution is 2.14. The van der Waals surface area contributed by atoms with E-state index in [9.17, 15) is 0 Å². The van der Waals surface area contributed by atoms with Gasteiger partial charge < -0.3 is 4.74 Å². The summed E-state index contributed by atoms with van der Waals surface area (Å²) in [6.45, 7) is 5.65. The topological polar surface area (TPSA) is 35.0 Å². The van der Waals surface area contributed by atoms with Gasteiger partial charge in [-0.3, -0.25) is 0 Å². The number of halogens is 1. The minimum atomic E-state index is 0.107. The molecular formula is C8H11ClN2O. The quantitative estimate of drug-likeness (QED) is 0.665. The van der Waals surface area contributed by atoms with Crippen molar-refractivity contribution < 1.29 is 4.74 Å². The Morgan fingerprint density at radius 2 is 2.08 bits per heavy atom. The van der Waals surface area contributed by atoms with Crippen LogP contribution in [0.5, 0.6) is 5.88 Å². The largest absolute Gasteiger partial charge is 0.475 e. The van der Waals surface area contributed by atoms with Crippen molar-refractivity contribution in [2.75, 3.05) is 0 Å². The molecule has 0 aromatic carbocycles. The first-order chi connectivity index (χ1) is 5.58. The van der Waals surface area contributed by atoms with Crippen LogP contribution in [0.3, 0.4) is 0 Å². The van der Waals surface area contributed by atoms with Crippen molar-refractivity contribution in [2.45, 2.75) is 26.9 Å². The Bertz CT molecular complexity index is 256. The van der Waals surface area contributed by atoms with E-state index in [1.807, 2.05) is 13.8 Å². The maximum absolute atomic E-state index is 5.70. The number of nitrogens with zero attached hydrogens (tertiary/aromatic N) is 2. The van der Waals surface area contributed by atoms with Crippen LogP contribution in [0.2, 0.25) is 5.15 Å². The summed E-state index contributed by atoms with van der Waals surface area (Å²) in [4.78, 5) is 7.97. The molecule has 0 fully saturated rings. The molecule has 3 nitrogen and oxygen atoms in total. The molecule has 0 aliphatic rings. The third-order valence-electron chi connectivity index (χ3n) is 1.14. The second kappa shape index (κ2) is 3.72. The van der Waals surface area contributed by atoms with Gasteiger partial charge in [0.05, 0.1) is 6.10 Å². The normalized spacial score (nSPS) is 10.4. The molecule has 66 valence electrons. The molecule has 0 bridgehead atoms. The molecule has 0 saturated carbocycles. The van der Waals surface area contributed by atoms with Crippen LogP contribution < -0.4 is 4.74 Å². The van der Waals surface area contributed by atoms with Gasteiger partial charge >= 0.3 is 0 Å². The summed E-state index contributed by atoms with van der Waals surface area (Å²) in [5.41, 5.74) is 0. The third kappa shape index (κ3) is 2.66. The van der Waals surface area contributed by atoms with E-state index >= 15 is 0 Å². The molecule has 0 N–H and O–H groups in total. The summed E-state index contributed by atoms with van der Waals surface area (Å²) >= 11 is 5.70. The zero-order valence-electron chi connectivity index (χ0n) is 7.34. The van der Waals surface area contributed by atoms with E-state index in [1.54, 1.807) is 13.0 Å². The zero-order chi connectivity index (χ0) is 9.14. The van der Waals surface area contributed by atoms with Gasteiger partial charge in [-0.05, 0) is 20.8 Å². The summed E-state index contributed by atoms with van der Waals surface area (Å²) in [6.07, 6.45) is 0.107. The van der Waals surface area contributed by atoms with Crippen LogP contribution in [0.1, 0.15) is 19.7 Å². The summed E-state index contributed by atoms with van der Waals surface area (Å²) < 4.78 is 5.34. The van der Waals surface area contributed by atoms with E-state index in [-0.39, 0.29) is 6.10 Å². The molecule has 1 rings (SSSR count). The van der Waals surface area contributed by atoms with Crippen LogP contribution in [0.25, 0.3) is 0 Å². The highest BCUT2D eigenvalue weighted by atomic mass is 35.5. The van der Waals surface area contributed by atoms with E-state index in [0.717, 1.165) is 0 Å². The van der Waals surface area contributed by atoms with E-state index in [4.69, 9.17) is 16.3 Å². The van der Waals surface area contributed by atoms with Crippen molar-refractivity contribution in [1.82, 2.24) is 9.97 Å². The molecule has 4 heteroatoms. The minimum absolute atomic E-state index is 0.107. The van der Waals surface area contributed by atoms with Crippen LogP contribution >= 0.6 is 11.6 Å². The maximum Gasteiger partial charge on any atom is 0.218 e. The lowest BCUT2D eigenvalue weighted by Gasteiger charge is -2.08. The van der Waals surface area contributed by atoms with Crippen LogP contribution in [-0.2, 0) is 0 Å². The molecule has 0 aliphatic carbocycles. The summed E-state index contributed by atoms with van der Waals surface area (Å²) in [7, 11) is 0. The second-order valence-corrected chi connectivity index (χ2v) is 3.13. The Morgan fingerprint density at radius 3 is 2.58 bits per heavy atom. The Labute approximate surface area is 76.7 Å². The van der Waals surface area contributed by atoms with E-state index < -0.39 is 0 Å². The smallest absolute Gasteiger partial charge is 0.218 e. The van der Waals surface area contributed by atoms with Crippen molar-refractivity contribution in [1.29, 1.82) is 0 Å². The van der Waals surface area contributed by atoms with Gasteiger partial charge in [-0.2, -0.15) is 4.98 Å². The Kier molecular flexibility index (Phi) is 2.87. The van der Waals surface area contributed by atoms with E-state index in [0.29, 0.717) is 16.9 Å².